The molecule has 8 nitrogen and oxygen atoms in total. The van der Waals surface area contributed by atoms with E-state index in [0.29, 0.717) is 46.1 Å². The highest BCUT2D eigenvalue weighted by atomic mass is 32.1. The van der Waals surface area contributed by atoms with Gasteiger partial charge >= 0.3 is 6.09 Å². The van der Waals surface area contributed by atoms with Gasteiger partial charge in [0.25, 0.3) is 5.91 Å². The van der Waals surface area contributed by atoms with Crippen molar-refractivity contribution < 1.29 is 18.7 Å². The molecule has 0 spiro atoms. The van der Waals surface area contributed by atoms with Crippen LogP contribution in [0.3, 0.4) is 0 Å². The van der Waals surface area contributed by atoms with Crippen molar-refractivity contribution in [3.63, 3.8) is 0 Å². The van der Waals surface area contributed by atoms with Crippen LogP contribution in [0.4, 0.5) is 9.18 Å². The molecule has 1 saturated carbocycles. The van der Waals surface area contributed by atoms with Crippen molar-refractivity contribution in [1.29, 1.82) is 0 Å². The summed E-state index contributed by atoms with van der Waals surface area (Å²) in [4.78, 5) is 39.1. The Morgan fingerprint density at radius 2 is 2.08 bits per heavy atom. The van der Waals surface area contributed by atoms with Crippen LogP contribution in [0.25, 0.3) is 15.4 Å². The number of aromatic nitrogens is 3. The zero-order valence-corrected chi connectivity index (χ0v) is 22.9. The third kappa shape index (κ3) is 4.47. The molecule has 11 heteroatoms. The molecular weight excluding hydrogens is 525 g/mol. The van der Waals surface area contributed by atoms with Crippen molar-refractivity contribution in [2.24, 2.45) is 17.8 Å². The Hall–Kier alpha value is -3.31. The number of amides is 2. The molecule has 1 aliphatic carbocycles. The van der Waals surface area contributed by atoms with Gasteiger partial charge in [0.05, 0.1) is 15.9 Å². The number of benzene rings is 1. The first-order valence-electron chi connectivity index (χ1n) is 12.7. The predicted molar refractivity (Wildman–Crippen MR) is 144 cm³/mol. The summed E-state index contributed by atoms with van der Waals surface area (Å²) in [5.41, 5.74) is 1.62. The zero-order valence-electron chi connectivity index (χ0n) is 21.3. The van der Waals surface area contributed by atoms with Crippen molar-refractivity contribution >= 4 is 39.6 Å². The zero-order chi connectivity index (χ0) is 26.6. The fourth-order valence-electron chi connectivity index (χ4n) is 6.08. The Morgan fingerprint density at radius 3 is 2.89 bits per heavy atom. The van der Waals surface area contributed by atoms with Crippen molar-refractivity contribution in [2.75, 3.05) is 13.1 Å². The number of halogens is 1. The summed E-state index contributed by atoms with van der Waals surface area (Å²) in [6, 6.07) is 6.07. The number of thiazole rings is 2. The Kier molecular flexibility index (Phi) is 6.43. The monoisotopic (exact) mass is 553 g/mol. The summed E-state index contributed by atoms with van der Waals surface area (Å²) in [5, 5.41) is 5.54. The summed E-state index contributed by atoms with van der Waals surface area (Å²) in [6.07, 6.45) is 3.29. The number of rotatable bonds is 5. The van der Waals surface area contributed by atoms with E-state index in [1.807, 2.05) is 23.4 Å². The van der Waals surface area contributed by atoms with Crippen LogP contribution in [-0.2, 0) is 0 Å². The average Bonchev–Trinajstić information content (AvgIpc) is 3.67. The van der Waals surface area contributed by atoms with Gasteiger partial charge in [-0.05, 0) is 62.1 Å². The van der Waals surface area contributed by atoms with Crippen molar-refractivity contribution in [1.82, 2.24) is 24.6 Å². The van der Waals surface area contributed by atoms with Crippen LogP contribution in [0.5, 0.6) is 5.88 Å². The third-order valence-electron chi connectivity index (χ3n) is 7.62. The molecule has 3 aromatic heterocycles. The number of nitrogens with one attached hydrogen (secondary N) is 1. The Balaban J connectivity index is 1.23. The number of hydrogen-bond acceptors (Lipinski definition) is 7. The first-order chi connectivity index (χ1) is 18.3. The summed E-state index contributed by atoms with van der Waals surface area (Å²) in [5.74, 6) is 1.09. The van der Waals surface area contributed by atoms with Gasteiger partial charge in [-0.3, -0.25) is 9.20 Å². The maximum absolute atomic E-state index is 14.0. The van der Waals surface area contributed by atoms with Gasteiger partial charge in [0.1, 0.15) is 17.2 Å². The molecule has 1 aliphatic heterocycles. The molecule has 1 saturated heterocycles. The number of ether oxygens (including phenoxy) is 1. The number of aryl methyl sites for hydroxylation is 2. The van der Waals surface area contributed by atoms with Crippen molar-refractivity contribution in [3.05, 3.63) is 58.1 Å². The molecule has 4 aromatic rings. The second-order valence-corrected chi connectivity index (χ2v) is 12.4. The second kappa shape index (κ2) is 9.77. The highest BCUT2D eigenvalue weighted by Crippen LogP contribution is 2.46. The normalized spacial score (nSPS) is 22.7. The number of hydrogen-bond donors (Lipinski definition) is 1. The van der Waals surface area contributed by atoms with E-state index in [9.17, 15) is 14.0 Å². The van der Waals surface area contributed by atoms with Gasteiger partial charge in [-0.1, -0.05) is 19.1 Å². The molecule has 198 valence electrons. The standard InChI is InChI=1S/C27H28FN5O3S2/c1-14-9-18-13-33(24(34)22-23(38-16(3)31-22)17-5-4-6-19(28)11-17)21(20(18)10-14)12-29-27(35)36-25-15(2)30-26-32(25)7-8-37-26/h4-8,11,14,18,20-21H,9-10,12-13H2,1-3H3,(H,29,35)/t14?,18-,20-,21+/m0/s1. The number of nitrogens with zero attached hydrogens (tertiary/aromatic N) is 4. The van der Waals surface area contributed by atoms with Crippen molar-refractivity contribution in [3.8, 4) is 16.3 Å². The number of fused-ring (bicyclic) bond motifs is 2. The van der Waals surface area contributed by atoms with Crippen LogP contribution in [0, 0.1) is 37.4 Å². The molecular formula is C27H28FN5O3S2. The number of carbonyl (C=O) groups excluding carboxylic acids is 2. The lowest BCUT2D eigenvalue weighted by Crippen LogP contribution is -2.46. The lowest BCUT2D eigenvalue weighted by Gasteiger charge is -2.28. The van der Waals surface area contributed by atoms with Crippen LogP contribution in [-0.4, -0.2) is 50.4 Å². The Labute approximate surface area is 227 Å². The third-order valence-corrected chi connectivity index (χ3v) is 9.40. The van der Waals surface area contributed by atoms with Crippen LogP contribution >= 0.6 is 22.7 Å². The fraction of sp³-hybridized carbons (Fsp3) is 0.407. The first-order valence-corrected chi connectivity index (χ1v) is 14.4. The lowest BCUT2D eigenvalue weighted by atomic mass is 9.94. The lowest BCUT2D eigenvalue weighted by molar-refractivity contribution is 0.0702. The second-order valence-electron chi connectivity index (χ2n) is 10.3. The van der Waals surface area contributed by atoms with Gasteiger partial charge in [-0.2, -0.15) is 0 Å². The van der Waals surface area contributed by atoms with E-state index in [2.05, 4.69) is 22.2 Å². The molecule has 2 fully saturated rings. The largest absolute Gasteiger partial charge is 0.414 e. The number of imidazole rings is 1. The van der Waals surface area contributed by atoms with E-state index in [1.165, 1.54) is 34.8 Å². The van der Waals surface area contributed by atoms with Gasteiger partial charge < -0.3 is 15.0 Å². The molecule has 0 bridgehead atoms. The molecule has 38 heavy (non-hydrogen) atoms. The minimum atomic E-state index is -0.576. The quantitative estimate of drug-likeness (QED) is 0.350. The number of carbonyl (C=O) groups is 2. The SMILES string of the molecule is Cc1nc(C(=O)N2C[C@@H]3CC(C)C[C@@H]3[C@H]2CNC(=O)Oc2c(C)nc3sccn23)c(-c2cccc(F)c2)s1. The molecule has 1 unspecified atom stereocenters. The van der Waals surface area contributed by atoms with Crippen LogP contribution < -0.4 is 10.1 Å². The minimum absolute atomic E-state index is 0.178. The van der Waals surface area contributed by atoms with E-state index in [4.69, 9.17) is 4.74 Å². The molecule has 6 rings (SSSR count). The molecule has 2 amide bonds. The maximum Gasteiger partial charge on any atom is 0.414 e. The Morgan fingerprint density at radius 1 is 1.24 bits per heavy atom. The Bertz CT molecular complexity index is 1530. The summed E-state index contributed by atoms with van der Waals surface area (Å²) in [6.45, 7) is 6.79. The minimum Gasteiger partial charge on any atom is -0.391 e. The highest BCUT2D eigenvalue weighted by molar-refractivity contribution is 7.15. The number of likely N-dealkylation sites (tertiary alicyclic amines) is 1. The average molecular weight is 554 g/mol. The predicted octanol–water partition coefficient (Wildman–Crippen LogP) is 5.55. The van der Waals surface area contributed by atoms with Crippen LogP contribution in [0.1, 0.15) is 41.0 Å². The van der Waals surface area contributed by atoms with Crippen molar-refractivity contribution in [2.45, 2.75) is 39.7 Å². The van der Waals surface area contributed by atoms with E-state index in [-0.39, 0.29) is 30.2 Å². The van der Waals surface area contributed by atoms with E-state index in [1.54, 1.807) is 23.5 Å². The van der Waals surface area contributed by atoms with Gasteiger partial charge in [-0.15, -0.1) is 22.7 Å². The first kappa shape index (κ1) is 25.0. The van der Waals surface area contributed by atoms with Gasteiger partial charge in [-0.25, -0.2) is 19.2 Å². The topological polar surface area (TPSA) is 88.8 Å². The van der Waals surface area contributed by atoms with Gasteiger partial charge in [0.15, 0.2) is 4.96 Å². The highest BCUT2D eigenvalue weighted by Gasteiger charge is 2.48. The maximum atomic E-state index is 14.0. The molecule has 2 aliphatic rings. The molecule has 1 N–H and O–H groups in total. The summed E-state index contributed by atoms with van der Waals surface area (Å²) < 4.78 is 21.4. The van der Waals surface area contributed by atoms with E-state index >= 15 is 0 Å². The molecule has 0 radical (unpaired) electrons. The van der Waals surface area contributed by atoms with Crippen LogP contribution in [0.2, 0.25) is 0 Å². The molecule has 1 aromatic carbocycles. The van der Waals surface area contributed by atoms with Gasteiger partial charge in [0, 0.05) is 24.7 Å². The van der Waals surface area contributed by atoms with E-state index < -0.39 is 6.09 Å². The molecule has 4 atom stereocenters. The summed E-state index contributed by atoms with van der Waals surface area (Å²) >= 11 is 2.85. The van der Waals surface area contributed by atoms with Gasteiger partial charge in [0.2, 0.25) is 5.88 Å². The van der Waals surface area contributed by atoms with E-state index in [0.717, 1.165) is 22.8 Å². The fourth-order valence-corrected chi connectivity index (χ4v) is 7.74. The summed E-state index contributed by atoms with van der Waals surface area (Å²) in [7, 11) is 0. The smallest absolute Gasteiger partial charge is 0.391 e. The van der Waals surface area contributed by atoms with Crippen LogP contribution in [0.15, 0.2) is 35.8 Å². The molecule has 4 heterocycles.